The molecule has 0 radical (unpaired) electrons. The summed E-state index contributed by atoms with van der Waals surface area (Å²) >= 11 is 5.97. The highest BCUT2D eigenvalue weighted by molar-refractivity contribution is 6.32. The Morgan fingerprint density at radius 3 is 2.92 bits per heavy atom. The molecule has 0 spiro atoms. The molecule has 5 heteroatoms. The number of nitrogens with zero attached hydrogens (tertiary/aromatic N) is 1. The molecule has 4 nitrogen and oxygen atoms in total. The molecule has 1 aliphatic carbocycles. The minimum Gasteiger partial charge on any atom is -0.377 e. The Bertz CT molecular complexity index is 862. The first-order valence-corrected chi connectivity index (χ1v) is 8.40. The second-order valence-corrected chi connectivity index (χ2v) is 6.89. The van der Waals surface area contributed by atoms with Gasteiger partial charge >= 0.3 is 0 Å². The molecule has 0 saturated heterocycles. The molecular formula is C19H17ClN2O2. The summed E-state index contributed by atoms with van der Waals surface area (Å²) in [6, 6.07) is 11.5. The lowest BCUT2D eigenvalue weighted by Crippen LogP contribution is -2.29. The number of nitrogens with one attached hydrogen (secondary N) is 1. The zero-order valence-corrected chi connectivity index (χ0v) is 14.0. The average Bonchev–Trinajstić information content (AvgIpc) is 3.05. The van der Waals surface area contributed by atoms with Crippen molar-refractivity contribution in [3.05, 3.63) is 80.4 Å². The molecule has 3 atom stereocenters. The van der Waals surface area contributed by atoms with Crippen LogP contribution in [0.5, 0.6) is 0 Å². The number of hydrogen-bond acceptors (Lipinski definition) is 3. The first kappa shape index (κ1) is 15.2. The topological polar surface area (TPSA) is 55.2 Å². The monoisotopic (exact) mass is 340 g/mol. The van der Waals surface area contributed by atoms with Gasteiger partial charge in [-0.05, 0) is 42.0 Å². The third kappa shape index (κ3) is 2.29. The number of para-hydroxylation sites is 1. The van der Waals surface area contributed by atoms with Crippen molar-refractivity contribution in [2.75, 3.05) is 5.32 Å². The van der Waals surface area contributed by atoms with Gasteiger partial charge in [-0.25, -0.2) is 0 Å². The summed E-state index contributed by atoms with van der Waals surface area (Å²) < 4.78 is 0. The van der Waals surface area contributed by atoms with E-state index in [0.717, 1.165) is 17.7 Å². The Hall–Kier alpha value is -2.33. The van der Waals surface area contributed by atoms with Crippen LogP contribution in [0.1, 0.15) is 35.1 Å². The second-order valence-electron chi connectivity index (χ2n) is 6.48. The number of nitro benzene ring substituents is 1. The van der Waals surface area contributed by atoms with Crippen LogP contribution < -0.4 is 5.32 Å². The lowest BCUT2D eigenvalue weighted by Gasteiger charge is -2.38. The molecule has 122 valence electrons. The van der Waals surface area contributed by atoms with Crippen LogP contribution in [-0.2, 0) is 0 Å². The van der Waals surface area contributed by atoms with E-state index in [9.17, 15) is 10.1 Å². The van der Waals surface area contributed by atoms with Gasteiger partial charge in [-0.3, -0.25) is 10.1 Å². The van der Waals surface area contributed by atoms with E-state index in [1.54, 1.807) is 12.1 Å². The third-order valence-electron chi connectivity index (χ3n) is 5.13. The zero-order valence-electron chi connectivity index (χ0n) is 13.2. The predicted octanol–water partition coefficient (Wildman–Crippen LogP) is 5.38. The summed E-state index contributed by atoms with van der Waals surface area (Å²) in [6.45, 7) is 2.09. The van der Waals surface area contributed by atoms with E-state index in [-0.39, 0.29) is 16.8 Å². The number of benzene rings is 2. The van der Waals surface area contributed by atoms with Crippen molar-refractivity contribution in [3.8, 4) is 0 Å². The van der Waals surface area contributed by atoms with Gasteiger partial charge in [-0.1, -0.05) is 48.0 Å². The van der Waals surface area contributed by atoms with Gasteiger partial charge in [-0.15, -0.1) is 0 Å². The fraction of sp³-hybridized carbons (Fsp3) is 0.263. The molecule has 4 rings (SSSR count). The Kier molecular flexibility index (Phi) is 3.57. The summed E-state index contributed by atoms with van der Waals surface area (Å²) in [5, 5.41) is 15.0. The highest BCUT2D eigenvalue weighted by Crippen LogP contribution is 2.50. The van der Waals surface area contributed by atoms with Crippen molar-refractivity contribution in [1.82, 2.24) is 0 Å². The van der Waals surface area contributed by atoms with Crippen molar-refractivity contribution in [3.63, 3.8) is 0 Å². The average molecular weight is 341 g/mol. The molecule has 0 bridgehead atoms. The number of nitro groups is 1. The molecule has 1 N–H and O–H groups in total. The molecule has 0 amide bonds. The lowest BCUT2D eigenvalue weighted by atomic mass is 9.76. The smallest absolute Gasteiger partial charge is 0.288 e. The van der Waals surface area contributed by atoms with Gasteiger partial charge in [0.1, 0.15) is 5.02 Å². The summed E-state index contributed by atoms with van der Waals surface area (Å²) in [6.07, 6.45) is 5.44. The number of allylic oxidation sites excluding steroid dienone is 2. The standard InChI is InChI=1S/C19H17ClN2O2/c1-11-4-2-6-14-13-5-3-7-15(13)19(21-18(11)14)12-8-9-16(20)17(10-12)22(23)24/h2-6,8-10,13,15,19,21H,7H2,1H3/t13-,15-,19+/m0/s1. The molecule has 2 aromatic rings. The van der Waals surface area contributed by atoms with Crippen LogP contribution >= 0.6 is 11.6 Å². The molecule has 2 aliphatic rings. The molecule has 0 saturated carbocycles. The Morgan fingerprint density at radius 1 is 1.29 bits per heavy atom. The molecule has 0 unspecified atom stereocenters. The van der Waals surface area contributed by atoms with Gasteiger partial charge in [0, 0.05) is 17.7 Å². The largest absolute Gasteiger partial charge is 0.377 e. The summed E-state index contributed by atoms with van der Waals surface area (Å²) in [5.41, 5.74) is 4.54. The van der Waals surface area contributed by atoms with Gasteiger partial charge in [0.25, 0.3) is 5.69 Å². The third-order valence-corrected chi connectivity index (χ3v) is 5.45. The van der Waals surface area contributed by atoms with Crippen molar-refractivity contribution in [2.24, 2.45) is 5.92 Å². The van der Waals surface area contributed by atoms with Crippen LogP contribution in [-0.4, -0.2) is 4.92 Å². The maximum atomic E-state index is 11.2. The minimum atomic E-state index is -0.418. The quantitative estimate of drug-likeness (QED) is 0.453. The van der Waals surface area contributed by atoms with E-state index in [4.69, 9.17) is 11.6 Å². The first-order chi connectivity index (χ1) is 11.6. The van der Waals surface area contributed by atoms with Crippen LogP contribution in [0, 0.1) is 23.0 Å². The lowest BCUT2D eigenvalue weighted by molar-refractivity contribution is -0.384. The van der Waals surface area contributed by atoms with Crippen LogP contribution in [0.4, 0.5) is 11.4 Å². The van der Waals surface area contributed by atoms with Gasteiger partial charge < -0.3 is 5.32 Å². The van der Waals surface area contributed by atoms with Crippen molar-refractivity contribution in [2.45, 2.75) is 25.3 Å². The number of fused-ring (bicyclic) bond motifs is 3. The normalized spacial score (nSPS) is 24.2. The van der Waals surface area contributed by atoms with E-state index in [1.807, 2.05) is 6.07 Å². The van der Waals surface area contributed by atoms with Gasteiger partial charge in [0.2, 0.25) is 0 Å². The Balaban J connectivity index is 1.81. The van der Waals surface area contributed by atoms with Crippen LogP contribution in [0.15, 0.2) is 48.6 Å². The molecule has 1 heterocycles. The number of rotatable bonds is 2. The minimum absolute atomic E-state index is 0.0333. The molecule has 0 fully saturated rings. The Labute approximate surface area is 145 Å². The van der Waals surface area contributed by atoms with E-state index < -0.39 is 4.92 Å². The fourth-order valence-electron chi connectivity index (χ4n) is 3.97. The first-order valence-electron chi connectivity index (χ1n) is 8.03. The van der Waals surface area contributed by atoms with Crippen LogP contribution in [0.25, 0.3) is 0 Å². The molecular weight excluding hydrogens is 324 g/mol. The van der Waals surface area contributed by atoms with E-state index in [0.29, 0.717) is 11.8 Å². The van der Waals surface area contributed by atoms with Crippen molar-refractivity contribution in [1.29, 1.82) is 0 Å². The summed E-state index contributed by atoms with van der Waals surface area (Å²) in [4.78, 5) is 10.8. The second kappa shape index (κ2) is 5.64. The highest BCUT2D eigenvalue weighted by atomic mass is 35.5. The van der Waals surface area contributed by atoms with E-state index in [2.05, 4.69) is 42.6 Å². The number of hydrogen-bond donors (Lipinski definition) is 1. The molecule has 0 aromatic heterocycles. The number of aryl methyl sites for hydroxylation is 1. The number of halogens is 1. The maximum Gasteiger partial charge on any atom is 0.288 e. The number of anilines is 1. The SMILES string of the molecule is Cc1cccc2c1N[C@H](c1ccc(Cl)c([N+](=O)[O-])c1)[C@H]1CC=C[C@@H]21. The van der Waals surface area contributed by atoms with Crippen LogP contribution in [0.3, 0.4) is 0 Å². The molecule has 1 aliphatic heterocycles. The van der Waals surface area contributed by atoms with Crippen LogP contribution in [0.2, 0.25) is 5.02 Å². The van der Waals surface area contributed by atoms with Gasteiger partial charge in [0.05, 0.1) is 11.0 Å². The van der Waals surface area contributed by atoms with E-state index >= 15 is 0 Å². The van der Waals surface area contributed by atoms with Crippen molar-refractivity contribution >= 4 is 23.0 Å². The molecule has 24 heavy (non-hydrogen) atoms. The summed E-state index contributed by atoms with van der Waals surface area (Å²) in [7, 11) is 0. The maximum absolute atomic E-state index is 11.2. The highest BCUT2D eigenvalue weighted by Gasteiger charge is 2.38. The van der Waals surface area contributed by atoms with Gasteiger partial charge in [0.15, 0.2) is 0 Å². The Morgan fingerprint density at radius 2 is 2.12 bits per heavy atom. The van der Waals surface area contributed by atoms with Crippen molar-refractivity contribution < 1.29 is 4.92 Å². The zero-order chi connectivity index (χ0) is 16.8. The van der Waals surface area contributed by atoms with E-state index in [1.165, 1.54) is 11.1 Å². The van der Waals surface area contributed by atoms with Gasteiger partial charge in [-0.2, -0.15) is 0 Å². The predicted molar refractivity (Wildman–Crippen MR) is 95.6 cm³/mol. The summed E-state index contributed by atoms with van der Waals surface area (Å²) in [5.74, 6) is 0.709. The fourth-order valence-corrected chi connectivity index (χ4v) is 4.16. The molecule has 2 aromatic carbocycles.